The average molecular weight is 308 g/mol. The lowest BCUT2D eigenvalue weighted by Crippen LogP contribution is -2.53. The largest absolute Gasteiger partial charge is 0.341 e. The molecule has 2 aromatic carbocycles. The predicted molar refractivity (Wildman–Crippen MR) is 89.0 cm³/mol. The van der Waals surface area contributed by atoms with Crippen molar-refractivity contribution in [1.29, 1.82) is 0 Å². The van der Waals surface area contributed by atoms with Gasteiger partial charge in [0.2, 0.25) is 5.91 Å². The summed E-state index contributed by atoms with van der Waals surface area (Å²) in [6, 6.07) is 18.3. The van der Waals surface area contributed by atoms with Gasteiger partial charge in [-0.25, -0.2) is 0 Å². The Morgan fingerprint density at radius 3 is 2.13 bits per heavy atom. The van der Waals surface area contributed by atoms with Gasteiger partial charge in [0.15, 0.2) is 0 Å². The maximum atomic E-state index is 12.6. The number of nitrogens with one attached hydrogen (secondary N) is 1. The fourth-order valence-electron chi connectivity index (χ4n) is 2.64. The number of carbonyl (C=O) groups excluding carboxylic acids is 2. The summed E-state index contributed by atoms with van der Waals surface area (Å²) < 4.78 is 0. The van der Waals surface area contributed by atoms with Gasteiger partial charge in [-0.15, -0.1) is 0 Å². The molecule has 2 aromatic rings. The van der Waals surface area contributed by atoms with Crippen LogP contribution in [0.4, 0.5) is 0 Å². The van der Waals surface area contributed by atoms with Gasteiger partial charge in [-0.2, -0.15) is 0 Å². The number of hydrogen-bond donors (Lipinski definition) is 1. The van der Waals surface area contributed by atoms with Gasteiger partial charge in [-0.05, 0) is 24.1 Å². The van der Waals surface area contributed by atoms with Gasteiger partial charge in [0, 0.05) is 25.1 Å². The van der Waals surface area contributed by atoms with E-state index in [1.54, 1.807) is 17.0 Å². The first-order chi connectivity index (χ1) is 11.2. The number of benzene rings is 2. The summed E-state index contributed by atoms with van der Waals surface area (Å²) in [4.78, 5) is 26.8. The molecular formula is C19H20N2O2. The van der Waals surface area contributed by atoms with Crippen LogP contribution < -0.4 is 5.32 Å². The number of amides is 2. The highest BCUT2D eigenvalue weighted by molar-refractivity contribution is 5.97. The van der Waals surface area contributed by atoms with E-state index in [1.807, 2.05) is 48.5 Å². The monoisotopic (exact) mass is 308 g/mol. The van der Waals surface area contributed by atoms with Crippen LogP contribution in [0.2, 0.25) is 0 Å². The molecule has 1 saturated heterocycles. The van der Waals surface area contributed by atoms with Crippen LogP contribution in [0, 0.1) is 0 Å². The van der Waals surface area contributed by atoms with Crippen molar-refractivity contribution in [3.8, 4) is 0 Å². The fourth-order valence-corrected chi connectivity index (χ4v) is 2.64. The summed E-state index contributed by atoms with van der Waals surface area (Å²) in [5.74, 6) is -0.204. The quantitative estimate of drug-likeness (QED) is 0.921. The SMILES string of the molecule is O=C(NC(Cc1ccccc1)C(=O)N1CCC1)c1ccccc1. The lowest BCUT2D eigenvalue weighted by atomic mass is 10.0. The Kier molecular flexibility index (Phi) is 4.71. The third-order valence-electron chi connectivity index (χ3n) is 4.09. The molecule has 1 atom stereocenters. The van der Waals surface area contributed by atoms with Gasteiger partial charge in [0.05, 0.1) is 0 Å². The zero-order chi connectivity index (χ0) is 16.1. The molecule has 4 heteroatoms. The second-order valence-electron chi connectivity index (χ2n) is 5.76. The highest BCUT2D eigenvalue weighted by Crippen LogP contribution is 2.12. The van der Waals surface area contributed by atoms with E-state index in [1.165, 1.54) is 0 Å². The molecule has 1 fully saturated rings. The Labute approximate surface area is 136 Å². The molecule has 0 saturated carbocycles. The molecule has 2 amide bonds. The van der Waals surface area contributed by atoms with E-state index in [0.717, 1.165) is 25.1 Å². The predicted octanol–water partition coefficient (Wildman–Crippen LogP) is 2.26. The van der Waals surface area contributed by atoms with E-state index in [2.05, 4.69) is 5.32 Å². The Bertz CT molecular complexity index is 666. The lowest BCUT2D eigenvalue weighted by molar-refractivity contribution is -0.136. The molecule has 4 nitrogen and oxygen atoms in total. The van der Waals surface area contributed by atoms with Gasteiger partial charge < -0.3 is 10.2 Å². The van der Waals surface area contributed by atoms with Gasteiger partial charge in [-0.3, -0.25) is 9.59 Å². The molecular weight excluding hydrogens is 288 g/mol. The summed E-state index contributed by atoms with van der Waals surface area (Å²) in [5, 5.41) is 2.90. The molecule has 0 aliphatic carbocycles. The first-order valence-electron chi connectivity index (χ1n) is 7.92. The molecule has 1 aliphatic rings. The minimum Gasteiger partial charge on any atom is -0.341 e. The maximum Gasteiger partial charge on any atom is 0.251 e. The van der Waals surface area contributed by atoms with Crippen LogP contribution in [0.15, 0.2) is 60.7 Å². The van der Waals surface area contributed by atoms with Crippen LogP contribution in [0.1, 0.15) is 22.3 Å². The Hall–Kier alpha value is -2.62. The van der Waals surface area contributed by atoms with Crippen LogP contribution in [-0.2, 0) is 11.2 Å². The van der Waals surface area contributed by atoms with Gasteiger partial charge in [0.25, 0.3) is 5.91 Å². The minimum absolute atomic E-state index is 0.00406. The molecule has 23 heavy (non-hydrogen) atoms. The number of rotatable bonds is 5. The van der Waals surface area contributed by atoms with E-state index in [-0.39, 0.29) is 11.8 Å². The zero-order valence-electron chi connectivity index (χ0n) is 12.9. The standard InChI is InChI=1S/C19H20N2O2/c22-18(16-10-5-2-6-11-16)20-17(19(23)21-12-7-13-21)14-15-8-3-1-4-9-15/h1-6,8-11,17H,7,12-14H2,(H,20,22). The van der Waals surface area contributed by atoms with Crippen molar-refractivity contribution in [3.05, 3.63) is 71.8 Å². The average Bonchev–Trinajstić information content (AvgIpc) is 2.54. The Balaban J connectivity index is 1.74. The highest BCUT2D eigenvalue weighted by atomic mass is 16.2. The van der Waals surface area contributed by atoms with Crippen LogP contribution in [0.3, 0.4) is 0 Å². The first kappa shape index (κ1) is 15.3. The van der Waals surface area contributed by atoms with E-state index >= 15 is 0 Å². The summed E-state index contributed by atoms with van der Waals surface area (Å²) in [6.45, 7) is 1.57. The molecule has 0 aromatic heterocycles. The summed E-state index contributed by atoms with van der Waals surface area (Å²) in [6.07, 6.45) is 1.55. The smallest absolute Gasteiger partial charge is 0.251 e. The molecule has 1 heterocycles. The first-order valence-corrected chi connectivity index (χ1v) is 7.92. The van der Waals surface area contributed by atoms with E-state index in [9.17, 15) is 9.59 Å². The van der Waals surface area contributed by atoms with Crippen molar-refractivity contribution in [1.82, 2.24) is 10.2 Å². The molecule has 3 rings (SSSR count). The maximum absolute atomic E-state index is 12.6. The molecule has 1 unspecified atom stereocenters. The lowest BCUT2D eigenvalue weighted by Gasteiger charge is -2.34. The van der Waals surface area contributed by atoms with Crippen molar-refractivity contribution >= 4 is 11.8 Å². The minimum atomic E-state index is -0.523. The molecule has 1 N–H and O–H groups in total. The Morgan fingerprint density at radius 1 is 0.957 bits per heavy atom. The second-order valence-corrected chi connectivity index (χ2v) is 5.76. The van der Waals surface area contributed by atoms with Crippen molar-refractivity contribution in [2.24, 2.45) is 0 Å². The van der Waals surface area contributed by atoms with Gasteiger partial charge in [-0.1, -0.05) is 48.5 Å². The van der Waals surface area contributed by atoms with Crippen molar-refractivity contribution in [2.45, 2.75) is 18.9 Å². The summed E-state index contributed by atoms with van der Waals surface area (Å²) in [5.41, 5.74) is 1.61. The van der Waals surface area contributed by atoms with Crippen molar-refractivity contribution < 1.29 is 9.59 Å². The zero-order valence-corrected chi connectivity index (χ0v) is 12.9. The number of hydrogen-bond acceptors (Lipinski definition) is 2. The topological polar surface area (TPSA) is 49.4 Å². The summed E-state index contributed by atoms with van der Waals surface area (Å²) in [7, 11) is 0. The summed E-state index contributed by atoms with van der Waals surface area (Å²) >= 11 is 0. The number of carbonyl (C=O) groups is 2. The van der Waals surface area contributed by atoms with E-state index in [4.69, 9.17) is 0 Å². The number of nitrogens with zero attached hydrogens (tertiary/aromatic N) is 1. The third-order valence-corrected chi connectivity index (χ3v) is 4.09. The van der Waals surface area contributed by atoms with E-state index < -0.39 is 6.04 Å². The van der Waals surface area contributed by atoms with Crippen molar-refractivity contribution in [2.75, 3.05) is 13.1 Å². The Morgan fingerprint density at radius 2 is 1.57 bits per heavy atom. The van der Waals surface area contributed by atoms with Crippen LogP contribution in [0.25, 0.3) is 0 Å². The van der Waals surface area contributed by atoms with Crippen molar-refractivity contribution in [3.63, 3.8) is 0 Å². The molecule has 118 valence electrons. The molecule has 0 radical (unpaired) electrons. The van der Waals surface area contributed by atoms with E-state index in [0.29, 0.717) is 12.0 Å². The van der Waals surface area contributed by atoms with Crippen LogP contribution in [0.5, 0.6) is 0 Å². The van der Waals surface area contributed by atoms with Crippen LogP contribution in [-0.4, -0.2) is 35.8 Å². The normalized spacial score (nSPS) is 14.7. The molecule has 0 spiro atoms. The number of likely N-dealkylation sites (tertiary alicyclic amines) is 1. The highest BCUT2D eigenvalue weighted by Gasteiger charge is 2.29. The van der Waals surface area contributed by atoms with Gasteiger partial charge in [0.1, 0.15) is 6.04 Å². The van der Waals surface area contributed by atoms with Crippen LogP contribution >= 0.6 is 0 Å². The van der Waals surface area contributed by atoms with Gasteiger partial charge >= 0.3 is 0 Å². The molecule has 1 aliphatic heterocycles. The fraction of sp³-hybridized carbons (Fsp3) is 0.263. The third kappa shape index (κ3) is 3.77. The molecule has 0 bridgehead atoms. The second kappa shape index (κ2) is 7.09.